The van der Waals surface area contributed by atoms with Crippen molar-refractivity contribution in [2.24, 2.45) is 11.7 Å². The zero-order chi connectivity index (χ0) is 10.1. The van der Waals surface area contributed by atoms with Gasteiger partial charge in [-0.05, 0) is 25.2 Å². The van der Waals surface area contributed by atoms with Gasteiger partial charge in [0, 0.05) is 5.92 Å². The van der Waals surface area contributed by atoms with E-state index in [0.29, 0.717) is 17.7 Å². The van der Waals surface area contributed by atoms with Crippen molar-refractivity contribution in [2.45, 2.75) is 45.1 Å². The largest absolute Gasteiger partial charge is 0.444 e. The molecule has 14 heavy (non-hydrogen) atoms. The number of nitrogens with zero attached hydrogens (tertiary/aromatic N) is 1. The zero-order valence-electron chi connectivity index (χ0n) is 8.86. The second-order valence-electron chi connectivity index (χ2n) is 4.61. The van der Waals surface area contributed by atoms with Crippen LogP contribution in [0.4, 0.5) is 0 Å². The molecule has 0 spiro atoms. The molecule has 1 aliphatic rings. The highest BCUT2D eigenvalue weighted by atomic mass is 16.4. The maximum atomic E-state index is 5.97. The highest BCUT2D eigenvalue weighted by Crippen LogP contribution is 2.40. The summed E-state index contributed by atoms with van der Waals surface area (Å²) in [4.78, 5) is 4.24. The van der Waals surface area contributed by atoms with Gasteiger partial charge in [0.05, 0.1) is 12.2 Å². The number of hydrogen-bond acceptors (Lipinski definition) is 3. The van der Waals surface area contributed by atoms with Crippen LogP contribution in [0, 0.1) is 5.92 Å². The Bertz CT molecular complexity index is 302. The summed E-state index contributed by atoms with van der Waals surface area (Å²) in [7, 11) is 0. The molecule has 1 atom stereocenters. The van der Waals surface area contributed by atoms with Gasteiger partial charge in [0.2, 0.25) is 5.89 Å². The van der Waals surface area contributed by atoms with Crippen LogP contribution in [-0.2, 0) is 0 Å². The molecule has 1 saturated carbocycles. The lowest BCUT2D eigenvalue weighted by molar-refractivity contribution is 0.385. The van der Waals surface area contributed by atoms with E-state index in [1.807, 2.05) is 6.20 Å². The van der Waals surface area contributed by atoms with Crippen molar-refractivity contribution in [3.05, 3.63) is 17.8 Å². The normalized spacial score (nSPS) is 18.9. The molecule has 0 bridgehead atoms. The van der Waals surface area contributed by atoms with E-state index in [4.69, 9.17) is 10.2 Å². The minimum atomic E-state index is -0.0394. The van der Waals surface area contributed by atoms with Gasteiger partial charge in [0.25, 0.3) is 0 Å². The Morgan fingerprint density at radius 1 is 1.57 bits per heavy atom. The Hall–Kier alpha value is -0.830. The van der Waals surface area contributed by atoms with E-state index in [-0.39, 0.29) is 6.04 Å². The third-order valence-corrected chi connectivity index (χ3v) is 2.56. The van der Waals surface area contributed by atoms with Crippen LogP contribution < -0.4 is 5.73 Å². The smallest absolute Gasteiger partial charge is 0.211 e. The summed E-state index contributed by atoms with van der Waals surface area (Å²) in [6.07, 6.45) is 5.26. The average molecular weight is 194 g/mol. The summed E-state index contributed by atoms with van der Waals surface area (Å²) in [5, 5.41) is 0. The van der Waals surface area contributed by atoms with Gasteiger partial charge in [-0.2, -0.15) is 0 Å². The van der Waals surface area contributed by atoms with Crippen LogP contribution in [0.2, 0.25) is 0 Å². The molecule has 3 heteroatoms. The maximum absolute atomic E-state index is 5.97. The molecule has 0 aromatic carbocycles. The fourth-order valence-electron chi connectivity index (χ4n) is 1.64. The van der Waals surface area contributed by atoms with Gasteiger partial charge in [-0.25, -0.2) is 4.98 Å². The SMILES string of the molecule is CC(C)CC(N)c1ncc(C2CC2)o1. The average Bonchev–Trinajstić information content (AvgIpc) is 2.82. The third-order valence-electron chi connectivity index (χ3n) is 2.56. The molecule has 0 saturated heterocycles. The first-order valence-corrected chi connectivity index (χ1v) is 5.38. The van der Waals surface area contributed by atoms with Crippen LogP contribution in [0.15, 0.2) is 10.6 Å². The minimum Gasteiger partial charge on any atom is -0.444 e. The number of oxazole rings is 1. The quantitative estimate of drug-likeness (QED) is 0.801. The Labute approximate surface area is 84.7 Å². The van der Waals surface area contributed by atoms with Crippen molar-refractivity contribution in [3.63, 3.8) is 0 Å². The molecule has 0 radical (unpaired) electrons. The van der Waals surface area contributed by atoms with Crippen molar-refractivity contribution in [2.75, 3.05) is 0 Å². The molecule has 1 aromatic heterocycles. The lowest BCUT2D eigenvalue weighted by Gasteiger charge is -2.09. The molecule has 1 unspecified atom stereocenters. The van der Waals surface area contributed by atoms with E-state index in [0.717, 1.165) is 12.2 Å². The predicted octanol–water partition coefficient (Wildman–Crippen LogP) is 2.60. The van der Waals surface area contributed by atoms with E-state index in [2.05, 4.69) is 18.8 Å². The van der Waals surface area contributed by atoms with Crippen LogP contribution in [0.25, 0.3) is 0 Å². The Morgan fingerprint density at radius 2 is 2.29 bits per heavy atom. The second-order valence-corrected chi connectivity index (χ2v) is 4.61. The van der Waals surface area contributed by atoms with Gasteiger partial charge in [-0.15, -0.1) is 0 Å². The van der Waals surface area contributed by atoms with E-state index >= 15 is 0 Å². The van der Waals surface area contributed by atoms with E-state index in [1.165, 1.54) is 12.8 Å². The Balaban J connectivity index is 2.00. The van der Waals surface area contributed by atoms with E-state index in [9.17, 15) is 0 Å². The molecule has 3 nitrogen and oxygen atoms in total. The highest BCUT2D eigenvalue weighted by Gasteiger charge is 2.28. The topological polar surface area (TPSA) is 52.0 Å². The van der Waals surface area contributed by atoms with Crippen molar-refractivity contribution in [3.8, 4) is 0 Å². The molecule has 1 fully saturated rings. The fraction of sp³-hybridized carbons (Fsp3) is 0.727. The molecule has 1 heterocycles. The molecule has 78 valence electrons. The van der Waals surface area contributed by atoms with Gasteiger partial charge in [-0.3, -0.25) is 0 Å². The van der Waals surface area contributed by atoms with Crippen molar-refractivity contribution in [1.29, 1.82) is 0 Å². The monoisotopic (exact) mass is 194 g/mol. The van der Waals surface area contributed by atoms with Crippen LogP contribution in [0.3, 0.4) is 0 Å². The lowest BCUT2D eigenvalue weighted by Crippen LogP contribution is -2.13. The van der Waals surface area contributed by atoms with Gasteiger partial charge >= 0.3 is 0 Å². The molecule has 2 rings (SSSR count). The number of nitrogens with two attached hydrogens (primary N) is 1. The molecule has 0 amide bonds. The Kier molecular flexibility index (Phi) is 2.59. The number of hydrogen-bond donors (Lipinski definition) is 1. The molecular weight excluding hydrogens is 176 g/mol. The first-order valence-electron chi connectivity index (χ1n) is 5.38. The van der Waals surface area contributed by atoms with Crippen molar-refractivity contribution >= 4 is 0 Å². The van der Waals surface area contributed by atoms with Crippen molar-refractivity contribution in [1.82, 2.24) is 4.98 Å². The van der Waals surface area contributed by atoms with Crippen molar-refractivity contribution < 1.29 is 4.42 Å². The molecule has 1 aliphatic carbocycles. The summed E-state index contributed by atoms with van der Waals surface area (Å²) >= 11 is 0. The Morgan fingerprint density at radius 3 is 2.86 bits per heavy atom. The number of rotatable bonds is 4. The van der Waals surface area contributed by atoms with Gasteiger partial charge < -0.3 is 10.2 Å². The molecule has 2 N–H and O–H groups in total. The maximum Gasteiger partial charge on any atom is 0.211 e. The van der Waals surface area contributed by atoms with Crippen LogP contribution in [0.1, 0.15) is 56.7 Å². The third kappa shape index (κ3) is 2.15. The summed E-state index contributed by atoms with van der Waals surface area (Å²) in [5.41, 5.74) is 5.97. The predicted molar refractivity (Wildman–Crippen MR) is 54.9 cm³/mol. The summed E-state index contributed by atoms with van der Waals surface area (Å²) in [6.45, 7) is 4.31. The standard InChI is InChI=1S/C11H18N2O/c1-7(2)5-9(12)11-13-6-10(14-11)8-3-4-8/h6-9H,3-5,12H2,1-2H3. The fourth-order valence-corrected chi connectivity index (χ4v) is 1.64. The van der Waals surface area contributed by atoms with Gasteiger partial charge in [-0.1, -0.05) is 13.8 Å². The van der Waals surface area contributed by atoms with Crippen LogP contribution in [0.5, 0.6) is 0 Å². The van der Waals surface area contributed by atoms with Gasteiger partial charge in [0.15, 0.2) is 0 Å². The second kappa shape index (κ2) is 3.73. The van der Waals surface area contributed by atoms with E-state index in [1.54, 1.807) is 0 Å². The summed E-state index contributed by atoms with van der Waals surface area (Å²) in [5.74, 6) is 2.95. The first-order chi connectivity index (χ1) is 6.66. The molecular formula is C11H18N2O. The first kappa shape index (κ1) is 9.71. The van der Waals surface area contributed by atoms with Crippen LogP contribution >= 0.6 is 0 Å². The molecule has 0 aliphatic heterocycles. The van der Waals surface area contributed by atoms with E-state index < -0.39 is 0 Å². The van der Waals surface area contributed by atoms with Gasteiger partial charge in [0.1, 0.15) is 5.76 Å². The minimum absolute atomic E-state index is 0.0394. The summed E-state index contributed by atoms with van der Waals surface area (Å²) < 4.78 is 5.63. The number of aromatic nitrogens is 1. The van der Waals surface area contributed by atoms with Crippen LogP contribution in [-0.4, -0.2) is 4.98 Å². The summed E-state index contributed by atoms with van der Waals surface area (Å²) in [6, 6.07) is -0.0394. The highest BCUT2D eigenvalue weighted by molar-refractivity contribution is 5.09. The zero-order valence-corrected chi connectivity index (χ0v) is 8.86. The molecule has 1 aromatic rings. The lowest BCUT2D eigenvalue weighted by atomic mass is 10.0.